The SMILES string of the molecule is O=C1CCC(N2Cc3c(CNCc4cn(C5CNC5)nn4)cccc3C2=O)C(=O)N1. The van der Waals surface area contributed by atoms with Crippen molar-refractivity contribution in [1.82, 2.24) is 35.8 Å². The van der Waals surface area contributed by atoms with Gasteiger partial charge < -0.3 is 15.5 Å². The molecule has 10 heteroatoms. The van der Waals surface area contributed by atoms with Crippen molar-refractivity contribution in [2.75, 3.05) is 13.1 Å². The third-order valence-corrected chi connectivity index (χ3v) is 5.99. The Balaban J connectivity index is 1.24. The largest absolute Gasteiger partial charge is 0.322 e. The standard InChI is InChI=1S/C20H23N7O3/c28-18-5-4-17(19(29)23-18)26-11-16-12(2-1-3-15(16)20(26)30)6-21-7-13-10-27(25-24-13)14-8-22-9-14/h1-3,10,14,17,21-22H,4-9,11H2,(H,23,28,29). The second-order valence-corrected chi connectivity index (χ2v) is 7.95. The maximum atomic E-state index is 12.9. The Bertz CT molecular complexity index is 1010. The normalized spacial score (nSPS) is 21.5. The minimum atomic E-state index is -0.598. The lowest BCUT2D eigenvalue weighted by Gasteiger charge is -2.29. The minimum absolute atomic E-state index is 0.154. The first-order chi connectivity index (χ1) is 14.6. The van der Waals surface area contributed by atoms with Crippen LogP contribution in [0.3, 0.4) is 0 Å². The molecule has 3 aliphatic heterocycles. The van der Waals surface area contributed by atoms with Crippen LogP contribution in [0.15, 0.2) is 24.4 Å². The van der Waals surface area contributed by atoms with Crippen LogP contribution in [0, 0.1) is 0 Å². The zero-order valence-electron chi connectivity index (χ0n) is 16.4. The Morgan fingerprint density at radius 3 is 2.80 bits per heavy atom. The van der Waals surface area contributed by atoms with Crippen molar-refractivity contribution in [2.24, 2.45) is 0 Å². The topological polar surface area (TPSA) is 121 Å². The van der Waals surface area contributed by atoms with Crippen LogP contribution in [0.2, 0.25) is 0 Å². The summed E-state index contributed by atoms with van der Waals surface area (Å²) in [5, 5.41) is 17.3. The van der Waals surface area contributed by atoms with Gasteiger partial charge in [0.15, 0.2) is 0 Å². The Labute approximate surface area is 173 Å². The van der Waals surface area contributed by atoms with Gasteiger partial charge in [0.2, 0.25) is 11.8 Å². The number of amides is 3. The third kappa shape index (κ3) is 3.37. The lowest BCUT2D eigenvalue weighted by atomic mass is 10.0. The molecule has 2 aromatic rings. The summed E-state index contributed by atoms with van der Waals surface area (Å²) in [5.74, 6) is -0.828. The van der Waals surface area contributed by atoms with Gasteiger partial charge in [0.25, 0.3) is 5.91 Å². The van der Waals surface area contributed by atoms with Crippen molar-refractivity contribution in [2.45, 2.75) is 44.6 Å². The lowest BCUT2D eigenvalue weighted by Crippen LogP contribution is -2.52. The van der Waals surface area contributed by atoms with Crippen molar-refractivity contribution in [3.8, 4) is 0 Å². The molecule has 30 heavy (non-hydrogen) atoms. The highest BCUT2D eigenvalue weighted by Crippen LogP contribution is 2.29. The number of carbonyl (C=O) groups is 3. The highest BCUT2D eigenvalue weighted by Gasteiger charge is 2.39. The van der Waals surface area contributed by atoms with E-state index in [1.165, 1.54) is 0 Å². The molecule has 1 unspecified atom stereocenters. The van der Waals surface area contributed by atoms with Crippen LogP contribution in [0.1, 0.15) is 46.1 Å². The number of nitrogens with one attached hydrogen (secondary N) is 3. The molecule has 5 rings (SSSR count). The average Bonchev–Trinajstić information content (AvgIpc) is 3.26. The predicted octanol–water partition coefficient (Wildman–Crippen LogP) is -0.527. The van der Waals surface area contributed by atoms with Gasteiger partial charge in [-0.25, -0.2) is 4.68 Å². The van der Waals surface area contributed by atoms with Crippen LogP contribution in [0.25, 0.3) is 0 Å². The number of piperidine rings is 1. The van der Waals surface area contributed by atoms with Crippen molar-refractivity contribution < 1.29 is 14.4 Å². The Morgan fingerprint density at radius 2 is 2.03 bits per heavy atom. The number of aromatic nitrogens is 3. The number of benzene rings is 1. The first-order valence-electron chi connectivity index (χ1n) is 10.2. The van der Waals surface area contributed by atoms with E-state index in [4.69, 9.17) is 0 Å². The summed E-state index contributed by atoms with van der Waals surface area (Å²) in [5.41, 5.74) is 3.45. The highest BCUT2D eigenvalue weighted by molar-refractivity contribution is 6.05. The second kappa shape index (κ2) is 7.62. The molecule has 0 saturated carbocycles. The lowest BCUT2D eigenvalue weighted by molar-refractivity contribution is -0.136. The maximum Gasteiger partial charge on any atom is 0.255 e. The maximum absolute atomic E-state index is 12.9. The van der Waals surface area contributed by atoms with Crippen LogP contribution < -0.4 is 16.0 Å². The molecule has 3 aliphatic rings. The van der Waals surface area contributed by atoms with Gasteiger partial charge >= 0.3 is 0 Å². The molecular weight excluding hydrogens is 386 g/mol. The molecule has 2 saturated heterocycles. The molecule has 3 amide bonds. The molecule has 0 spiro atoms. The van der Waals surface area contributed by atoms with Crippen LogP contribution in [0.4, 0.5) is 0 Å². The molecule has 10 nitrogen and oxygen atoms in total. The van der Waals surface area contributed by atoms with E-state index in [-0.39, 0.29) is 18.2 Å². The van der Waals surface area contributed by atoms with Gasteiger partial charge in [-0.2, -0.15) is 0 Å². The highest BCUT2D eigenvalue weighted by atomic mass is 16.2. The van der Waals surface area contributed by atoms with Gasteiger partial charge in [0.1, 0.15) is 6.04 Å². The van der Waals surface area contributed by atoms with Crippen molar-refractivity contribution >= 4 is 17.7 Å². The molecule has 0 radical (unpaired) electrons. The van der Waals surface area contributed by atoms with Gasteiger partial charge in [-0.05, 0) is 23.6 Å². The summed E-state index contributed by atoms with van der Waals surface area (Å²) in [6.07, 6.45) is 2.58. The monoisotopic (exact) mass is 409 g/mol. The molecule has 1 aromatic heterocycles. The number of hydrogen-bond acceptors (Lipinski definition) is 7. The Morgan fingerprint density at radius 1 is 1.17 bits per heavy atom. The fourth-order valence-electron chi connectivity index (χ4n) is 4.17. The number of hydrogen-bond donors (Lipinski definition) is 3. The van der Waals surface area contributed by atoms with Crippen molar-refractivity contribution in [3.05, 3.63) is 46.8 Å². The van der Waals surface area contributed by atoms with Crippen LogP contribution in [0.5, 0.6) is 0 Å². The van der Waals surface area contributed by atoms with E-state index in [1.807, 2.05) is 23.0 Å². The molecule has 0 aliphatic carbocycles. The number of imide groups is 1. The smallest absolute Gasteiger partial charge is 0.255 e. The van der Waals surface area contributed by atoms with E-state index < -0.39 is 11.9 Å². The van der Waals surface area contributed by atoms with Crippen LogP contribution in [-0.4, -0.2) is 56.7 Å². The zero-order valence-corrected chi connectivity index (χ0v) is 16.4. The van der Waals surface area contributed by atoms with E-state index in [0.29, 0.717) is 37.7 Å². The van der Waals surface area contributed by atoms with E-state index in [9.17, 15) is 14.4 Å². The molecule has 2 fully saturated rings. The molecular formula is C20H23N7O3. The predicted molar refractivity (Wildman–Crippen MR) is 105 cm³/mol. The summed E-state index contributed by atoms with van der Waals surface area (Å²) >= 11 is 0. The van der Waals surface area contributed by atoms with Crippen molar-refractivity contribution in [1.29, 1.82) is 0 Å². The summed E-state index contributed by atoms with van der Waals surface area (Å²) < 4.78 is 1.89. The molecule has 1 atom stereocenters. The molecule has 0 bridgehead atoms. The van der Waals surface area contributed by atoms with E-state index >= 15 is 0 Å². The van der Waals surface area contributed by atoms with Crippen LogP contribution in [-0.2, 0) is 29.2 Å². The molecule has 4 heterocycles. The number of rotatable bonds is 6. The molecule has 3 N–H and O–H groups in total. The van der Waals surface area contributed by atoms with Gasteiger partial charge in [-0.1, -0.05) is 17.3 Å². The molecule has 1 aromatic carbocycles. The van der Waals surface area contributed by atoms with Gasteiger partial charge in [-0.15, -0.1) is 5.10 Å². The van der Waals surface area contributed by atoms with E-state index in [0.717, 1.165) is 29.9 Å². The van der Waals surface area contributed by atoms with E-state index in [1.54, 1.807) is 11.0 Å². The summed E-state index contributed by atoms with van der Waals surface area (Å²) in [6, 6.07) is 5.43. The first kappa shape index (κ1) is 18.9. The summed E-state index contributed by atoms with van der Waals surface area (Å²) in [6.45, 7) is 3.38. The number of nitrogens with zero attached hydrogens (tertiary/aromatic N) is 4. The average molecular weight is 409 g/mol. The van der Waals surface area contributed by atoms with Crippen molar-refractivity contribution in [3.63, 3.8) is 0 Å². The summed E-state index contributed by atoms with van der Waals surface area (Å²) in [7, 11) is 0. The first-order valence-corrected chi connectivity index (χ1v) is 10.2. The zero-order chi connectivity index (χ0) is 20.7. The number of fused-ring (bicyclic) bond motifs is 1. The fourth-order valence-corrected chi connectivity index (χ4v) is 4.17. The summed E-state index contributed by atoms with van der Waals surface area (Å²) in [4.78, 5) is 38.1. The van der Waals surface area contributed by atoms with Gasteiger partial charge in [0, 0.05) is 44.7 Å². The second-order valence-electron chi connectivity index (χ2n) is 7.95. The third-order valence-electron chi connectivity index (χ3n) is 5.99. The quantitative estimate of drug-likeness (QED) is 0.549. The minimum Gasteiger partial charge on any atom is -0.322 e. The van der Waals surface area contributed by atoms with Crippen LogP contribution >= 0.6 is 0 Å². The van der Waals surface area contributed by atoms with Gasteiger partial charge in [0.05, 0.1) is 17.9 Å². The van der Waals surface area contributed by atoms with E-state index in [2.05, 4.69) is 26.3 Å². The van der Waals surface area contributed by atoms with Gasteiger partial charge in [-0.3, -0.25) is 19.7 Å². The fraction of sp³-hybridized carbons (Fsp3) is 0.450. The Kier molecular flexibility index (Phi) is 4.80. The Hall–Kier alpha value is -3.11. The number of carbonyl (C=O) groups excluding carboxylic acids is 3. The molecule has 156 valence electrons.